The molecule has 0 saturated carbocycles. The van der Waals surface area contributed by atoms with Crippen LogP contribution in [0, 0.1) is 5.82 Å². The molecule has 0 atom stereocenters. The minimum atomic E-state index is -3.72. The third-order valence-electron chi connectivity index (χ3n) is 5.19. The van der Waals surface area contributed by atoms with Crippen LogP contribution in [0.3, 0.4) is 0 Å². The lowest BCUT2D eigenvalue weighted by Crippen LogP contribution is -2.19. The van der Waals surface area contributed by atoms with E-state index in [-0.39, 0.29) is 32.7 Å². The van der Waals surface area contributed by atoms with Crippen LogP contribution in [0.15, 0.2) is 57.9 Å². The number of halogens is 1. The van der Waals surface area contributed by atoms with Crippen LogP contribution in [-0.2, 0) is 15.3 Å². The Morgan fingerprint density at radius 2 is 1.61 bits per heavy atom. The number of hydrogen-bond acceptors (Lipinski definition) is 6. The van der Waals surface area contributed by atoms with Gasteiger partial charge in [-0.3, -0.25) is 10.1 Å². The molecule has 0 aliphatic carbocycles. The fourth-order valence-electron chi connectivity index (χ4n) is 3.39. The lowest BCUT2D eigenvalue weighted by molar-refractivity contribution is 0.102. The van der Waals surface area contributed by atoms with Gasteiger partial charge in [-0.2, -0.15) is 0 Å². The average molecular weight is 514 g/mol. The van der Waals surface area contributed by atoms with Gasteiger partial charge >= 0.3 is 6.03 Å². The molecule has 0 saturated heterocycles. The highest BCUT2D eigenvalue weighted by Crippen LogP contribution is 2.26. The Kier molecular flexibility index (Phi) is 6.31. The third-order valence-corrected chi connectivity index (χ3v) is 6.31. The van der Waals surface area contributed by atoms with Crippen molar-refractivity contribution in [3.05, 3.63) is 65.8 Å². The molecule has 0 spiro atoms. The zero-order valence-corrected chi connectivity index (χ0v) is 20.7. The number of sulfone groups is 1. The smallest absolute Gasteiger partial charge is 0.324 e. The molecule has 0 aliphatic rings. The summed E-state index contributed by atoms with van der Waals surface area (Å²) >= 11 is 0. The highest BCUT2D eigenvalue weighted by Gasteiger charge is 2.21. The van der Waals surface area contributed by atoms with Gasteiger partial charge in [-0.05, 0) is 42.5 Å². The summed E-state index contributed by atoms with van der Waals surface area (Å²) in [6.45, 7) is 5.88. The summed E-state index contributed by atoms with van der Waals surface area (Å²) in [6, 6.07) is 10.9. The second kappa shape index (κ2) is 9.11. The summed E-state index contributed by atoms with van der Waals surface area (Å²) in [7, 11) is -3.72. The summed E-state index contributed by atoms with van der Waals surface area (Å²) < 4.78 is 43.1. The van der Waals surface area contributed by atoms with Crippen molar-refractivity contribution in [2.24, 2.45) is 0 Å². The van der Waals surface area contributed by atoms with Crippen molar-refractivity contribution in [2.75, 3.05) is 22.2 Å². The molecular weight excluding hydrogens is 489 g/mol. The van der Waals surface area contributed by atoms with E-state index in [9.17, 15) is 22.4 Å². The molecule has 2 heterocycles. The standard InChI is InChI=1S/C24H24FN5O5S/c1-24(2,3)19-12-20(30-35-19)29-23(32)27-16-7-5-15(6-8-16)26-22(31)17-10-13-9-14(25)11-18(21(13)28-17)36(4,33)34/h5-12,28H,1-4H3,(H,26,31)(H2,27,29,30,32). The van der Waals surface area contributed by atoms with E-state index in [1.54, 1.807) is 30.3 Å². The molecule has 2 aromatic carbocycles. The minimum absolute atomic E-state index is 0.0596. The molecule has 4 aromatic rings. The number of benzene rings is 2. The van der Waals surface area contributed by atoms with E-state index in [2.05, 4.69) is 26.1 Å². The van der Waals surface area contributed by atoms with Crippen LogP contribution in [0.25, 0.3) is 10.9 Å². The summed E-state index contributed by atoms with van der Waals surface area (Å²) in [5.74, 6) is -0.367. The van der Waals surface area contributed by atoms with Gasteiger partial charge in [0.2, 0.25) is 0 Å². The number of carbonyl (C=O) groups is 2. The zero-order valence-electron chi connectivity index (χ0n) is 19.9. The van der Waals surface area contributed by atoms with Crippen molar-refractivity contribution in [1.29, 1.82) is 0 Å². The van der Waals surface area contributed by atoms with Gasteiger partial charge in [-0.1, -0.05) is 25.9 Å². The first-order valence-electron chi connectivity index (χ1n) is 10.8. The Morgan fingerprint density at radius 3 is 2.19 bits per heavy atom. The number of aromatic amines is 1. The van der Waals surface area contributed by atoms with E-state index in [0.717, 1.165) is 18.4 Å². The highest BCUT2D eigenvalue weighted by molar-refractivity contribution is 7.91. The van der Waals surface area contributed by atoms with Gasteiger partial charge in [0.05, 0.1) is 10.4 Å². The fraction of sp³-hybridized carbons (Fsp3) is 0.208. The zero-order chi connectivity index (χ0) is 26.3. The van der Waals surface area contributed by atoms with Crippen LogP contribution < -0.4 is 16.0 Å². The molecule has 10 nitrogen and oxygen atoms in total. The molecule has 12 heteroatoms. The molecule has 188 valence electrons. The Morgan fingerprint density at radius 1 is 0.972 bits per heavy atom. The summed E-state index contributed by atoms with van der Waals surface area (Å²) in [5.41, 5.74) is 0.845. The average Bonchev–Trinajstić information content (AvgIpc) is 3.40. The number of anilines is 3. The number of carbonyl (C=O) groups excluding carboxylic acids is 2. The van der Waals surface area contributed by atoms with Crippen molar-refractivity contribution < 1.29 is 26.9 Å². The fourth-order valence-corrected chi connectivity index (χ4v) is 4.26. The SMILES string of the molecule is CC(C)(C)c1cc(NC(=O)Nc2ccc(NC(=O)c3cc4cc(F)cc(S(C)(=O)=O)c4[nH]3)cc2)no1. The van der Waals surface area contributed by atoms with E-state index in [4.69, 9.17) is 4.52 Å². The van der Waals surface area contributed by atoms with Crippen LogP contribution in [0.1, 0.15) is 37.0 Å². The Labute approximate surface area is 206 Å². The normalized spacial score (nSPS) is 11.9. The predicted molar refractivity (Wildman–Crippen MR) is 134 cm³/mol. The van der Waals surface area contributed by atoms with E-state index >= 15 is 0 Å². The molecule has 36 heavy (non-hydrogen) atoms. The molecule has 3 amide bonds. The number of urea groups is 1. The van der Waals surface area contributed by atoms with Crippen molar-refractivity contribution in [1.82, 2.24) is 10.1 Å². The number of nitrogens with zero attached hydrogens (tertiary/aromatic N) is 1. The van der Waals surface area contributed by atoms with Gasteiger partial charge in [0.1, 0.15) is 17.3 Å². The van der Waals surface area contributed by atoms with Crippen molar-refractivity contribution >= 4 is 49.9 Å². The Bertz CT molecular complexity index is 1570. The van der Waals surface area contributed by atoms with E-state index in [1.165, 1.54) is 6.07 Å². The number of aromatic nitrogens is 2. The largest absolute Gasteiger partial charge is 0.359 e. The maximum atomic E-state index is 13.9. The van der Waals surface area contributed by atoms with Crippen molar-refractivity contribution in [3.63, 3.8) is 0 Å². The molecular formula is C24H24FN5O5S. The first-order valence-corrected chi connectivity index (χ1v) is 12.7. The maximum Gasteiger partial charge on any atom is 0.324 e. The number of nitrogens with one attached hydrogen (secondary N) is 4. The number of H-pyrrole nitrogens is 1. The Balaban J connectivity index is 1.42. The molecule has 0 fully saturated rings. The van der Waals surface area contributed by atoms with Gasteiger partial charge in [-0.25, -0.2) is 17.6 Å². The highest BCUT2D eigenvalue weighted by atomic mass is 32.2. The second-order valence-electron chi connectivity index (χ2n) is 9.26. The van der Waals surface area contributed by atoms with Gasteiger partial charge in [0.15, 0.2) is 15.7 Å². The number of hydrogen-bond donors (Lipinski definition) is 4. The molecule has 0 radical (unpaired) electrons. The second-order valence-corrected chi connectivity index (χ2v) is 11.2. The Hall–Kier alpha value is -4.19. The minimum Gasteiger partial charge on any atom is -0.359 e. The van der Waals surface area contributed by atoms with E-state index < -0.39 is 27.6 Å². The van der Waals surface area contributed by atoms with Crippen LogP contribution in [0.4, 0.5) is 26.4 Å². The van der Waals surface area contributed by atoms with Crippen molar-refractivity contribution in [3.8, 4) is 0 Å². The van der Waals surface area contributed by atoms with Gasteiger partial charge < -0.3 is 20.1 Å². The summed E-state index contributed by atoms with van der Waals surface area (Å²) in [4.78, 5) is 27.5. The first-order chi connectivity index (χ1) is 16.8. The van der Waals surface area contributed by atoms with E-state index in [1.807, 2.05) is 20.8 Å². The first kappa shape index (κ1) is 24.9. The molecule has 4 rings (SSSR count). The van der Waals surface area contributed by atoms with Gasteiger partial charge in [0, 0.05) is 34.5 Å². The van der Waals surface area contributed by atoms with Crippen LogP contribution >= 0.6 is 0 Å². The summed E-state index contributed by atoms with van der Waals surface area (Å²) in [6.07, 6.45) is 0.965. The molecule has 0 unspecified atom stereocenters. The molecule has 4 N–H and O–H groups in total. The summed E-state index contributed by atoms with van der Waals surface area (Å²) in [5, 5.41) is 12.0. The molecule has 0 aliphatic heterocycles. The number of amides is 3. The van der Waals surface area contributed by atoms with E-state index in [0.29, 0.717) is 17.1 Å². The number of rotatable bonds is 5. The molecule has 0 bridgehead atoms. The lowest BCUT2D eigenvalue weighted by atomic mass is 9.93. The third kappa shape index (κ3) is 5.54. The molecule has 2 aromatic heterocycles. The van der Waals surface area contributed by atoms with Crippen LogP contribution in [0.2, 0.25) is 0 Å². The van der Waals surface area contributed by atoms with Crippen LogP contribution in [-0.4, -0.2) is 36.8 Å². The monoisotopic (exact) mass is 513 g/mol. The van der Waals surface area contributed by atoms with Gasteiger partial charge in [0.25, 0.3) is 5.91 Å². The topological polar surface area (TPSA) is 146 Å². The quantitative estimate of drug-likeness (QED) is 0.299. The maximum absolute atomic E-state index is 13.9. The predicted octanol–water partition coefficient (Wildman–Crippen LogP) is 4.89. The van der Waals surface area contributed by atoms with Crippen molar-refractivity contribution in [2.45, 2.75) is 31.1 Å². The lowest BCUT2D eigenvalue weighted by Gasteiger charge is -2.12. The number of fused-ring (bicyclic) bond motifs is 1. The van der Waals surface area contributed by atoms with Crippen LogP contribution in [0.5, 0.6) is 0 Å². The van der Waals surface area contributed by atoms with Gasteiger partial charge in [-0.15, -0.1) is 0 Å².